The van der Waals surface area contributed by atoms with Crippen LogP contribution in [0.4, 0.5) is 5.13 Å². The second kappa shape index (κ2) is 8.27. The summed E-state index contributed by atoms with van der Waals surface area (Å²) in [6.45, 7) is 7.86. The number of hydrogen-bond acceptors (Lipinski definition) is 6. The number of nitrogens with zero attached hydrogens (tertiary/aromatic N) is 2. The molecule has 1 aromatic carbocycles. The first-order valence-electron chi connectivity index (χ1n) is 10.3. The molecule has 7 nitrogen and oxygen atoms in total. The summed E-state index contributed by atoms with van der Waals surface area (Å²) in [6, 6.07) is 6.11. The minimum Gasteiger partial charge on any atom is -0.342 e. The van der Waals surface area contributed by atoms with Crippen LogP contribution in [-0.2, 0) is 9.59 Å². The maximum Gasteiger partial charge on any atom is 0.256 e. The van der Waals surface area contributed by atoms with Gasteiger partial charge in [-0.15, -0.1) is 23.1 Å². The number of hydrogen-bond donors (Lipinski definition) is 2. The van der Waals surface area contributed by atoms with Crippen LogP contribution in [-0.4, -0.2) is 44.4 Å². The molecule has 1 saturated heterocycles. The second-order valence-corrected chi connectivity index (χ2v) is 11.1. The largest absolute Gasteiger partial charge is 0.342 e. The number of carbonyl (C=O) groups excluding carboxylic acids is 3. The van der Waals surface area contributed by atoms with Crippen LogP contribution in [0.2, 0.25) is 0 Å². The van der Waals surface area contributed by atoms with Crippen molar-refractivity contribution in [2.75, 3.05) is 5.32 Å². The highest BCUT2D eigenvalue weighted by molar-refractivity contribution is 8.01. The molecule has 9 heteroatoms. The Morgan fingerprint density at radius 2 is 2.03 bits per heavy atom. The molecule has 2 N–H and O–H groups in total. The van der Waals surface area contributed by atoms with E-state index >= 15 is 0 Å². The van der Waals surface area contributed by atoms with E-state index < -0.39 is 16.8 Å². The van der Waals surface area contributed by atoms with Crippen LogP contribution >= 0.6 is 23.1 Å². The van der Waals surface area contributed by atoms with E-state index in [9.17, 15) is 14.4 Å². The minimum absolute atomic E-state index is 0.0802. The van der Waals surface area contributed by atoms with Gasteiger partial charge in [0.2, 0.25) is 11.8 Å². The molecule has 2 aliphatic rings. The second-order valence-electron chi connectivity index (χ2n) is 8.47. The highest BCUT2D eigenvalue weighted by atomic mass is 32.2. The summed E-state index contributed by atoms with van der Waals surface area (Å²) < 4.78 is -0.496. The summed E-state index contributed by atoms with van der Waals surface area (Å²) in [4.78, 5) is 45.4. The van der Waals surface area contributed by atoms with Crippen molar-refractivity contribution in [1.82, 2.24) is 15.2 Å². The van der Waals surface area contributed by atoms with Gasteiger partial charge in [-0.25, -0.2) is 4.98 Å². The van der Waals surface area contributed by atoms with Crippen LogP contribution in [0.15, 0.2) is 35.8 Å². The Morgan fingerprint density at radius 3 is 2.71 bits per heavy atom. The van der Waals surface area contributed by atoms with Crippen LogP contribution in [0.1, 0.15) is 55.4 Å². The molecule has 31 heavy (non-hydrogen) atoms. The van der Waals surface area contributed by atoms with Gasteiger partial charge in [0.1, 0.15) is 17.5 Å². The molecule has 3 amide bonds. The van der Waals surface area contributed by atoms with Crippen LogP contribution in [0.5, 0.6) is 0 Å². The molecular formula is C22H26N4O3S2. The fourth-order valence-electron chi connectivity index (χ4n) is 4.21. The van der Waals surface area contributed by atoms with Gasteiger partial charge in [-0.05, 0) is 31.4 Å². The fourth-order valence-corrected chi connectivity index (χ4v) is 6.33. The first kappa shape index (κ1) is 21.8. The van der Waals surface area contributed by atoms with Crippen LogP contribution < -0.4 is 10.6 Å². The minimum atomic E-state index is -0.721. The van der Waals surface area contributed by atoms with E-state index in [1.807, 2.05) is 52.0 Å². The normalized spacial score (nSPS) is 23.1. The van der Waals surface area contributed by atoms with Gasteiger partial charge in [0.15, 0.2) is 5.13 Å². The third-order valence-corrected chi connectivity index (χ3v) is 8.22. The average molecular weight is 459 g/mol. The molecule has 0 radical (unpaired) electrons. The van der Waals surface area contributed by atoms with Crippen molar-refractivity contribution in [2.45, 2.75) is 56.3 Å². The molecule has 0 bridgehead atoms. The van der Waals surface area contributed by atoms with Gasteiger partial charge in [-0.1, -0.05) is 38.5 Å². The maximum atomic E-state index is 13.5. The summed E-state index contributed by atoms with van der Waals surface area (Å²) in [7, 11) is 0. The number of nitrogens with one attached hydrogen (secondary N) is 2. The number of aromatic nitrogens is 1. The predicted octanol–water partition coefficient (Wildman–Crippen LogP) is 3.66. The zero-order valence-electron chi connectivity index (χ0n) is 17.9. The van der Waals surface area contributed by atoms with Crippen molar-refractivity contribution in [3.8, 4) is 0 Å². The van der Waals surface area contributed by atoms with E-state index in [-0.39, 0.29) is 29.0 Å². The first-order chi connectivity index (χ1) is 14.7. The monoisotopic (exact) mass is 458 g/mol. The van der Waals surface area contributed by atoms with Crippen LogP contribution in [0.25, 0.3) is 0 Å². The molecule has 2 aliphatic heterocycles. The molecule has 0 aliphatic carbocycles. The molecule has 4 rings (SSSR count). The van der Waals surface area contributed by atoms with E-state index in [1.165, 1.54) is 11.3 Å². The summed E-state index contributed by atoms with van der Waals surface area (Å²) in [5, 5.41) is 7.83. The number of fused-ring (bicyclic) bond motifs is 3. The van der Waals surface area contributed by atoms with Crippen LogP contribution in [0, 0.1) is 5.92 Å². The Morgan fingerprint density at radius 1 is 1.29 bits per heavy atom. The Labute approximate surface area is 190 Å². The highest BCUT2D eigenvalue weighted by Gasteiger charge is 2.57. The van der Waals surface area contributed by atoms with E-state index in [2.05, 4.69) is 15.6 Å². The Bertz CT molecular complexity index is 1010. The van der Waals surface area contributed by atoms with Gasteiger partial charge in [0, 0.05) is 21.9 Å². The molecule has 2 aromatic rings. The molecule has 0 spiro atoms. The van der Waals surface area contributed by atoms with Crippen LogP contribution in [0.3, 0.4) is 0 Å². The van der Waals surface area contributed by atoms with E-state index in [0.717, 1.165) is 12.0 Å². The molecule has 0 unspecified atom stereocenters. The number of benzene rings is 1. The predicted molar refractivity (Wildman–Crippen MR) is 123 cm³/mol. The van der Waals surface area contributed by atoms with Crippen molar-refractivity contribution < 1.29 is 14.4 Å². The summed E-state index contributed by atoms with van der Waals surface area (Å²) in [5.41, 5.74) is 1.59. The lowest BCUT2D eigenvalue weighted by Gasteiger charge is -2.32. The quantitative estimate of drug-likeness (QED) is 0.689. The number of carbonyl (C=O) groups is 3. The van der Waals surface area contributed by atoms with E-state index in [0.29, 0.717) is 10.7 Å². The van der Waals surface area contributed by atoms with Gasteiger partial charge in [-0.3, -0.25) is 14.4 Å². The fraction of sp³-hybridized carbons (Fsp3) is 0.455. The van der Waals surface area contributed by atoms with Gasteiger partial charge >= 0.3 is 0 Å². The highest BCUT2D eigenvalue weighted by Crippen LogP contribution is 2.56. The number of thioether (sulfide) groups is 1. The van der Waals surface area contributed by atoms with Gasteiger partial charge in [-0.2, -0.15) is 0 Å². The number of anilines is 1. The third kappa shape index (κ3) is 3.85. The molecule has 1 aromatic heterocycles. The zero-order valence-corrected chi connectivity index (χ0v) is 19.5. The van der Waals surface area contributed by atoms with Crippen molar-refractivity contribution in [1.29, 1.82) is 0 Å². The third-order valence-electron chi connectivity index (χ3n) is 6.00. The zero-order chi connectivity index (χ0) is 22.3. The Hall–Kier alpha value is -2.39. The average Bonchev–Trinajstić information content (AvgIpc) is 3.41. The van der Waals surface area contributed by atoms with Gasteiger partial charge < -0.3 is 15.5 Å². The molecule has 0 saturated carbocycles. The first-order valence-corrected chi connectivity index (χ1v) is 12.1. The number of amides is 3. The maximum absolute atomic E-state index is 13.5. The van der Waals surface area contributed by atoms with Gasteiger partial charge in [0.25, 0.3) is 5.91 Å². The molecule has 1 fully saturated rings. The standard InChI is InChI=1S/C22H26N4O3S2/c1-5-12(2)15(17(27)25-21-23-10-11-30-21)24-18(28)16-22(3,4)31-20-14-9-7-6-8-13(14)19(29)26(16)20/h6-12,15-16,20H,5H2,1-4H3,(H,24,28)(H,23,25,27)/t12-,15+,16-,20-/m1/s1. The Balaban J connectivity index is 1.58. The SMILES string of the molecule is CC[C@@H](C)[C@H](NC(=O)[C@H]1N2C(=O)c3ccccc3[C@H]2SC1(C)C)C(=O)Nc1nccs1. The topological polar surface area (TPSA) is 91.4 Å². The summed E-state index contributed by atoms with van der Waals surface area (Å²) in [6.07, 6.45) is 2.34. The summed E-state index contributed by atoms with van der Waals surface area (Å²) >= 11 is 2.94. The smallest absolute Gasteiger partial charge is 0.256 e. The molecule has 3 heterocycles. The molecular weight excluding hydrogens is 432 g/mol. The number of thiazole rings is 1. The van der Waals surface area contributed by atoms with Crippen molar-refractivity contribution in [3.05, 3.63) is 47.0 Å². The van der Waals surface area contributed by atoms with Crippen molar-refractivity contribution in [2.24, 2.45) is 5.92 Å². The van der Waals surface area contributed by atoms with E-state index in [1.54, 1.807) is 28.2 Å². The lowest BCUT2D eigenvalue weighted by atomic mass is 9.95. The van der Waals surface area contributed by atoms with E-state index in [4.69, 9.17) is 0 Å². The molecule has 4 atom stereocenters. The summed E-state index contributed by atoms with van der Waals surface area (Å²) in [5.74, 6) is -0.816. The van der Waals surface area contributed by atoms with Crippen molar-refractivity contribution >= 4 is 46.0 Å². The van der Waals surface area contributed by atoms with Crippen molar-refractivity contribution in [3.63, 3.8) is 0 Å². The number of rotatable bonds is 6. The lowest BCUT2D eigenvalue weighted by Crippen LogP contribution is -2.57. The Kier molecular flexibility index (Phi) is 5.83. The lowest BCUT2D eigenvalue weighted by molar-refractivity contribution is -0.131. The van der Waals surface area contributed by atoms with Gasteiger partial charge in [0.05, 0.1) is 0 Å². The molecule has 164 valence electrons.